The number of hydrogen-bond acceptors (Lipinski definition) is 4. The molecule has 0 saturated carbocycles. The second kappa shape index (κ2) is 15.7. The standard InChI is InChI=1S/C32H19F3N3O.C14H16GeN.Ir/c1-17-7-5-8-18(2)29(17)38-27-12-4-3-11-26(27)37-31(38)22-10-6-9-21-23-13-19(16-36-32(23)39-30(21)22)28-24(34)14-20(33)15-25(28)35;1-15(2,3)13-9-10-14(16-11-13)12-7-5-4-6-8-12;/h3-9,11-16H,1-2H3;4-7,9-11H,1-3H3;/q2*-1;. The molecule has 0 N–H and O–H groups in total. The number of para-hydroxylation sites is 3. The molecule has 5 nitrogen and oxygen atoms in total. The number of pyridine rings is 2. The summed E-state index contributed by atoms with van der Waals surface area (Å²) in [5, 5.41) is 1.26. The third kappa shape index (κ3) is 7.34. The van der Waals surface area contributed by atoms with Gasteiger partial charge >= 0.3 is 99.8 Å². The quantitative estimate of drug-likeness (QED) is 0.127. The molecule has 0 saturated heterocycles. The van der Waals surface area contributed by atoms with Crippen molar-refractivity contribution >= 4 is 50.8 Å². The Bertz CT molecular complexity index is 2820. The Kier molecular flexibility index (Phi) is 10.9. The molecule has 281 valence electrons. The smallest absolute Gasteiger partial charge is 0 e. The van der Waals surface area contributed by atoms with Crippen LogP contribution in [0.3, 0.4) is 0 Å². The van der Waals surface area contributed by atoms with Gasteiger partial charge in [0.05, 0.1) is 28.0 Å². The maximum absolute atomic E-state index is 14.5. The normalized spacial score (nSPS) is 11.4. The fraction of sp³-hybridized carbons (Fsp3) is 0.109. The van der Waals surface area contributed by atoms with E-state index in [4.69, 9.17) is 9.40 Å². The Labute approximate surface area is 339 Å². The van der Waals surface area contributed by atoms with Crippen molar-refractivity contribution in [3.8, 4) is 39.5 Å². The van der Waals surface area contributed by atoms with Gasteiger partial charge in [0.2, 0.25) is 5.71 Å². The van der Waals surface area contributed by atoms with Crippen molar-refractivity contribution in [2.24, 2.45) is 0 Å². The van der Waals surface area contributed by atoms with Crippen LogP contribution in [0, 0.1) is 43.4 Å². The van der Waals surface area contributed by atoms with Gasteiger partial charge in [-0.3, -0.25) is 4.98 Å². The molecule has 9 aromatic rings. The molecule has 0 atom stereocenters. The number of hydrogen-bond donors (Lipinski definition) is 0. The first-order valence-corrected chi connectivity index (χ1v) is 25.2. The number of aryl methyl sites for hydroxylation is 2. The summed E-state index contributed by atoms with van der Waals surface area (Å²) < 4.78 is 52.4. The SMILES string of the molecule is Cc1cccc(C)c1-n1c(-c2[c-]ccc3c2oc2ncc(-c4c(F)cc(F)cc4F)cc23)nc2ccccc21.[CH3][Ge]([CH3])([CH3])[c]1ccc(-c2[c-]cccc2)nc1.[Ir]. The molecule has 0 bridgehead atoms. The first-order valence-electron chi connectivity index (χ1n) is 17.8. The molecular formula is C46H35F3GeIrN4O-2. The fourth-order valence-electron chi connectivity index (χ4n) is 6.87. The molecule has 0 aliphatic heterocycles. The monoisotopic (exact) mass is 983 g/mol. The number of imidazole rings is 1. The van der Waals surface area contributed by atoms with Gasteiger partial charge in [-0.25, -0.2) is 18.2 Å². The Morgan fingerprint density at radius 3 is 2.12 bits per heavy atom. The van der Waals surface area contributed by atoms with Crippen molar-refractivity contribution in [3.05, 3.63) is 162 Å². The average molecular weight is 982 g/mol. The summed E-state index contributed by atoms with van der Waals surface area (Å²) in [5.74, 6) is 4.80. The maximum atomic E-state index is 14.5. The first kappa shape index (κ1) is 38.9. The van der Waals surface area contributed by atoms with Crippen molar-refractivity contribution in [1.82, 2.24) is 19.5 Å². The Morgan fingerprint density at radius 1 is 0.714 bits per heavy atom. The summed E-state index contributed by atoms with van der Waals surface area (Å²) in [6, 6.07) is 39.3. The van der Waals surface area contributed by atoms with Gasteiger partial charge in [-0.2, -0.15) is 0 Å². The molecule has 0 unspecified atom stereocenters. The molecule has 0 aliphatic rings. The molecule has 10 heteroatoms. The molecule has 9 rings (SSSR count). The topological polar surface area (TPSA) is 56.7 Å². The molecule has 1 radical (unpaired) electrons. The molecule has 0 fully saturated rings. The van der Waals surface area contributed by atoms with Crippen LogP contribution in [0.2, 0.25) is 17.3 Å². The summed E-state index contributed by atoms with van der Waals surface area (Å²) in [6.07, 6.45) is 3.36. The van der Waals surface area contributed by atoms with E-state index in [-0.39, 0.29) is 31.2 Å². The van der Waals surface area contributed by atoms with E-state index in [1.165, 1.54) is 10.6 Å². The third-order valence-electron chi connectivity index (χ3n) is 9.65. The van der Waals surface area contributed by atoms with Crippen molar-refractivity contribution in [3.63, 3.8) is 0 Å². The van der Waals surface area contributed by atoms with Crippen LogP contribution < -0.4 is 4.40 Å². The minimum absolute atomic E-state index is 0. The second-order valence-corrected chi connectivity index (χ2v) is 25.1. The number of fused-ring (bicyclic) bond motifs is 4. The molecule has 5 aromatic carbocycles. The predicted molar refractivity (Wildman–Crippen MR) is 217 cm³/mol. The Hall–Kier alpha value is -5.35. The Morgan fingerprint density at radius 2 is 1.45 bits per heavy atom. The number of furan rings is 1. The minimum Gasteiger partial charge on any atom is 0 e. The van der Waals surface area contributed by atoms with Crippen LogP contribution in [0.25, 0.3) is 72.6 Å². The number of benzene rings is 5. The number of aromatic nitrogens is 4. The van der Waals surface area contributed by atoms with Gasteiger partial charge in [0.1, 0.15) is 17.5 Å². The molecular weight excluding hydrogens is 946 g/mol. The van der Waals surface area contributed by atoms with Crippen LogP contribution >= 0.6 is 0 Å². The van der Waals surface area contributed by atoms with Gasteiger partial charge in [0.25, 0.3) is 0 Å². The summed E-state index contributed by atoms with van der Waals surface area (Å²) in [5.41, 5.74) is 8.29. The van der Waals surface area contributed by atoms with E-state index in [0.717, 1.165) is 39.1 Å². The zero-order valence-electron chi connectivity index (χ0n) is 31.2. The van der Waals surface area contributed by atoms with Crippen molar-refractivity contribution in [1.29, 1.82) is 0 Å². The Balaban J connectivity index is 0.000000238. The summed E-state index contributed by atoms with van der Waals surface area (Å²) in [4.78, 5) is 13.9. The van der Waals surface area contributed by atoms with Gasteiger partial charge in [-0.05, 0) is 43.2 Å². The molecule has 0 amide bonds. The van der Waals surface area contributed by atoms with Gasteiger partial charge in [-0.1, -0.05) is 41.3 Å². The summed E-state index contributed by atoms with van der Waals surface area (Å²) >= 11 is -1.72. The summed E-state index contributed by atoms with van der Waals surface area (Å²) in [7, 11) is 0. The molecule has 56 heavy (non-hydrogen) atoms. The third-order valence-corrected chi connectivity index (χ3v) is 13.9. The van der Waals surface area contributed by atoms with Crippen LogP contribution in [-0.2, 0) is 20.1 Å². The maximum Gasteiger partial charge on any atom is 0 e. The summed E-state index contributed by atoms with van der Waals surface area (Å²) in [6.45, 7) is 4.12. The van der Waals surface area contributed by atoms with Crippen LogP contribution in [0.15, 0.2) is 126 Å². The molecule has 0 aliphatic carbocycles. The second-order valence-electron chi connectivity index (χ2n) is 14.5. The van der Waals surface area contributed by atoms with Crippen molar-refractivity contribution in [2.75, 3.05) is 0 Å². The van der Waals surface area contributed by atoms with E-state index in [9.17, 15) is 13.2 Å². The molecule has 0 spiro atoms. The molecule has 4 aromatic heterocycles. The number of rotatable bonds is 5. The molecule has 4 heterocycles. The average Bonchev–Trinajstić information content (AvgIpc) is 3.73. The van der Waals surface area contributed by atoms with Gasteiger partial charge in [-0.15, -0.1) is 18.2 Å². The van der Waals surface area contributed by atoms with E-state index in [1.807, 2.05) is 66.9 Å². The van der Waals surface area contributed by atoms with Crippen LogP contribution in [0.4, 0.5) is 13.2 Å². The van der Waals surface area contributed by atoms with Gasteiger partial charge in [0.15, 0.2) is 0 Å². The van der Waals surface area contributed by atoms with Crippen molar-refractivity contribution in [2.45, 2.75) is 31.1 Å². The number of halogens is 3. The predicted octanol–water partition coefficient (Wildman–Crippen LogP) is 11.6. The van der Waals surface area contributed by atoms with E-state index in [1.54, 1.807) is 12.1 Å². The minimum atomic E-state index is -1.72. The van der Waals surface area contributed by atoms with Crippen LogP contribution in [0.5, 0.6) is 0 Å². The van der Waals surface area contributed by atoms with E-state index >= 15 is 0 Å². The van der Waals surface area contributed by atoms with Gasteiger partial charge in [0, 0.05) is 55.1 Å². The van der Waals surface area contributed by atoms with E-state index in [0.29, 0.717) is 45.6 Å². The van der Waals surface area contributed by atoms with Gasteiger partial charge < -0.3 is 8.98 Å². The fourth-order valence-corrected chi connectivity index (χ4v) is 9.05. The van der Waals surface area contributed by atoms with E-state index < -0.39 is 30.7 Å². The van der Waals surface area contributed by atoms with E-state index in [2.05, 4.69) is 82.0 Å². The van der Waals surface area contributed by atoms with Crippen LogP contribution in [-0.4, -0.2) is 32.8 Å². The zero-order valence-corrected chi connectivity index (χ0v) is 35.7. The first-order chi connectivity index (χ1) is 26.5. The van der Waals surface area contributed by atoms with Crippen LogP contribution in [0.1, 0.15) is 11.1 Å². The largest absolute Gasteiger partial charge is 0 e. The zero-order chi connectivity index (χ0) is 38.4. The van der Waals surface area contributed by atoms with Crippen molar-refractivity contribution < 1.29 is 37.7 Å². The number of nitrogens with zero attached hydrogens (tertiary/aromatic N) is 4.